The summed E-state index contributed by atoms with van der Waals surface area (Å²) < 4.78 is 62.6. The van der Waals surface area contributed by atoms with Crippen LogP contribution in [0.3, 0.4) is 0 Å². The second kappa shape index (κ2) is 16.7. The second-order valence-corrected chi connectivity index (χ2v) is 13.8. The molecule has 2 aromatic carbocycles. The summed E-state index contributed by atoms with van der Waals surface area (Å²) in [5.41, 5.74) is -0.139. The van der Waals surface area contributed by atoms with E-state index in [1.165, 1.54) is 38.1 Å². The predicted molar refractivity (Wildman–Crippen MR) is 166 cm³/mol. The summed E-state index contributed by atoms with van der Waals surface area (Å²) in [4.78, 5) is 46.9. The Morgan fingerprint density at radius 1 is 0.727 bits per heavy atom. The highest BCUT2D eigenvalue weighted by atomic mass is 35.5. The number of carbonyl (C=O) groups is 4. The molecule has 0 bridgehead atoms. The fourth-order valence-corrected chi connectivity index (χ4v) is 5.91. The van der Waals surface area contributed by atoms with Crippen LogP contribution in [-0.4, -0.2) is 72.3 Å². The predicted octanol–water partition coefficient (Wildman–Crippen LogP) is 5.14. The third-order valence-electron chi connectivity index (χ3n) is 5.44. The van der Waals surface area contributed by atoms with Crippen LogP contribution in [0.4, 0.5) is 0 Å². The molecule has 0 aliphatic carbocycles. The number of carbonyl (C=O) groups excluding carboxylic acids is 4. The second-order valence-electron chi connectivity index (χ2n) is 9.09. The Kier molecular flexibility index (Phi) is 14.7. The number of halogens is 2. The number of ether oxygens (including phenoxy) is 3. The molecule has 0 aromatic heterocycles. The first-order valence-electron chi connectivity index (χ1n) is 13.0. The number of Topliss-reactive ketones (excluding diaryl/α,β-unsaturated/α-hetero) is 4. The lowest BCUT2D eigenvalue weighted by Gasteiger charge is -2.14. The van der Waals surface area contributed by atoms with E-state index in [9.17, 15) is 36.0 Å². The molecule has 0 unspecified atom stereocenters. The summed E-state index contributed by atoms with van der Waals surface area (Å²) in [6.45, 7) is 8.21. The van der Waals surface area contributed by atoms with Gasteiger partial charge in [0.2, 0.25) is 5.78 Å². The number of allylic oxidation sites excluding steroid dienone is 1. The Bertz CT molecular complexity index is 1680. The molecule has 2 aromatic rings. The van der Waals surface area contributed by atoms with Gasteiger partial charge in [-0.15, -0.1) is 0 Å². The van der Waals surface area contributed by atoms with Crippen molar-refractivity contribution in [2.45, 2.75) is 50.8 Å². The van der Waals surface area contributed by atoms with Crippen LogP contribution in [0, 0.1) is 0 Å². The molecule has 0 radical (unpaired) electrons. The molecule has 242 valence electrons. The van der Waals surface area contributed by atoms with E-state index in [1.54, 1.807) is 20.8 Å². The largest absolute Gasteiger partial charge is 0.501 e. The van der Waals surface area contributed by atoms with E-state index >= 15 is 0 Å². The molecule has 0 aliphatic heterocycles. The Balaban J connectivity index is 0.000000447. The van der Waals surface area contributed by atoms with Crippen molar-refractivity contribution >= 4 is 66.0 Å². The van der Waals surface area contributed by atoms with E-state index in [2.05, 4.69) is 0 Å². The molecular formula is C29H34Cl2O11S2. The molecular weight excluding hydrogens is 659 g/mol. The molecule has 0 heterocycles. The zero-order valence-electron chi connectivity index (χ0n) is 25.3. The summed E-state index contributed by atoms with van der Waals surface area (Å²) in [5.74, 6) is -2.07. The molecule has 0 fully saturated rings. The SMILES string of the molecule is CCOC=C(C(C)=O)C(=O)c1ccc(S(C)(=O)=O)c(OCC)c1Cl.CCOc1c(S(C)(=O)=O)ccc(C(=O)CC(C)=O)c1Cl. The van der Waals surface area contributed by atoms with Crippen molar-refractivity contribution in [3.05, 3.63) is 57.3 Å². The maximum absolute atomic E-state index is 12.6. The molecule has 2 rings (SSSR count). The highest BCUT2D eigenvalue weighted by Crippen LogP contribution is 2.37. The van der Waals surface area contributed by atoms with Gasteiger partial charge in [-0.2, -0.15) is 0 Å². The highest BCUT2D eigenvalue weighted by molar-refractivity contribution is 7.91. The van der Waals surface area contributed by atoms with Gasteiger partial charge in [0, 0.05) is 23.6 Å². The summed E-state index contributed by atoms with van der Waals surface area (Å²) >= 11 is 12.2. The molecule has 0 amide bonds. The van der Waals surface area contributed by atoms with Crippen LogP contribution in [-0.2, 0) is 34.0 Å². The molecule has 0 spiro atoms. The molecule has 0 saturated carbocycles. The average molecular weight is 694 g/mol. The number of rotatable bonds is 14. The van der Waals surface area contributed by atoms with Gasteiger partial charge in [-0.25, -0.2) is 16.8 Å². The highest BCUT2D eigenvalue weighted by Gasteiger charge is 2.26. The molecule has 0 saturated heterocycles. The van der Waals surface area contributed by atoms with Crippen LogP contribution in [0.25, 0.3) is 0 Å². The zero-order chi connectivity index (χ0) is 34.0. The van der Waals surface area contributed by atoms with Gasteiger partial charge in [-0.1, -0.05) is 23.2 Å². The van der Waals surface area contributed by atoms with Gasteiger partial charge in [-0.3, -0.25) is 19.2 Å². The van der Waals surface area contributed by atoms with E-state index in [-0.39, 0.29) is 80.1 Å². The van der Waals surface area contributed by atoms with Gasteiger partial charge in [0.25, 0.3) is 0 Å². The maximum atomic E-state index is 12.6. The third-order valence-corrected chi connectivity index (χ3v) is 8.44. The minimum absolute atomic E-state index is 0.0336. The van der Waals surface area contributed by atoms with E-state index in [1.807, 2.05) is 0 Å². The molecule has 44 heavy (non-hydrogen) atoms. The summed E-state index contributed by atoms with van der Waals surface area (Å²) in [7, 11) is -7.13. The van der Waals surface area contributed by atoms with Gasteiger partial charge >= 0.3 is 0 Å². The molecule has 11 nitrogen and oxygen atoms in total. The standard InChI is InChI=1S/C16H19ClO6S.C13H15ClO5S/c1-5-22-9-12(10(3)18)15(19)11-7-8-13(24(4,20)21)16(14(11)17)23-6-2;1-4-19-13-11(20(3,17)18)6-5-9(12(13)14)10(16)7-8(2)15/h7-9H,5-6H2,1-4H3;5-6H,4,7H2,1-3H3. The van der Waals surface area contributed by atoms with Crippen molar-refractivity contribution in [2.75, 3.05) is 32.3 Å². The summed E-state index contributed by atoms with van der Waals surface area (Å²) in [5, 5.41) is -0.241. The Hall–Kier alpha value is -3.26. The van der Waals surface area contributed by atoms with Gasteiger partial charge in [0.05, 0.1) is 48.1 Å². The Labute approximate surface area is 267 Å². The van der Waals surface area contributed by atoms with E-state index < -0.39 is 37.0 Å². The van der Waals surface area contributed by atoms with E-state index in [0.717, 1.165) is 18.8 Å². The normalized spacial score (nSPS) is 11.6. The minimum Gasteiger partial charge on any atom is -0.501 e. The fourth-order valence-electron chi connectivity index (χ4n) is 3.54. The topological polar surface area (TPSA) is 164 Å². The average Bonchev–Trinajstić information content (AvgIpc) is 2.89. The number of hydrogen-bond donors (Lipinski definition) is 0. The zero-order valence-corrected chi connectivity index (χ0v) is 28.4. The lowest BCUT2D eigenvalue weighted by Crippen LogP contribution is -2.13. The number of benzene rings is 2. The van der Waals surface area contributed by atoms with Gasteiger partial charge < -0.3 is 14.2 Å². The first-order valence-corrected chi connectivity index (χ1v) is 17.6. The maximum Gasteiger partial charge on any atom is 0.201 e. The van der Waals surface area contributed by atoms with Gasteiger partial charge in [0.15, 0.2) is 42.7 Å². The van der Waals surface area contributed by atoms with E-state index in [4.69, 9.17) is 37.4 Å². The molecule has 0 atom stereocenters. The van der Waals surface area contributed by atoms with Crippen LogP contribution >= 0.6 is 23.2 Å². The monoisotopic (exact) mass is 692 g/mol. The van der Waals surface area contributed by atoms with Crippen LogP contribution < -0.4 is 9.47 Å². The van der Waals surface area contributed by atoms with Crippen LogP contribution in [0.15, 0.2) is 45.9 Å². The molecule has 0 N–H and O–H groups in total. The van der Waals surface area contributed by atoms with Crippen molar-refractivity contribution in [1.82, 2.24) is 0 Å². The van der Waals surface area contributed by atoms with Gasteiger partial charge in [-0.05, 0) is 58.9 Å². The van der Waals surface area contributed by atoms with Crippen molar-refractivity contribution in [1.29, 1.82) is 0 Å². The lowest BCUT2D eigenvalue weighted by atomic mass is 10.0. The van der Waals surface area contributed by atoms with Crippen LogP contribution in [0.5, 0.6) is 11.5 Å². The number of hydrogen-bond acceptors (Lipinski definition) is 11. The summed E-state index contributed by atoms with van der Waals surface area (Å²) in [6, 6.07) is 5.05. The summed E-state index contributed by atoms with van der Waals surface area (Å²) in [6.07, 6.45) is 2.83. The number of sulfone groups is 2. The fraction of sp³-hybridized carbons (Fsp3) is 0.379. The van der Waals surface area contributed by atoms with Gasteiger partial charge in [0.1, 0.15) is 15.6 Å². The Morgan fingerprint density at radius 3 is 1.52 bits per heavy atom. The Morgan fingerprint density at radius 2 is 1.16 bits per heavy atom. The first-order chi connectivity index (χ1) is 20.3. The van der Waals surface area contributed by atoms with Crippen molar-refractivity contribution in [2.24, 2.45) is 0 Å². The smallest absolute Gasteiger partial charge is 0.201 e. The first kappa shape index (κ1) is 38.8. The number of ketones is 4. The van der Waals surface area contributed by atoms with Crippen LogP contribution in [0.1, 0.15) is 61.8 Å². The quantitative estimate of drug-likeness (QED) is 0.0846. The van der Waals surface area contributed by atoms with Crippen LogP contribution in [0.2, 0.25) is 10.0 Å². The van der Waals surface area contributed by atoms with Crippen molar-refractivity contribution < 1.29 is 50.2 Å². The minimum atomic E-state index is -3.60. The lowest BCUT2D eigenvalue weighted by molar-refractivity contribution is -0.116. The van der Waals surface area contributed by atoms with Crippen molar-refractivity contribution in [3.63, 3.8) is 0 Å². The molecule has 15 heteroatoms. The third kappa shape index (κ3) is 10.4. The van der Waals surface area contributed by atoms with E-state index in [0.29, 0.717) is 0 Å². The van der Waals surface area contributed by atoms with Crippen molar-refractivity contribution in [3.8, 4) is 11.5 Å². The molecule has 0 aliphatic rings.